The molecule has 0 saturated carbocycles. The second kappa shape index (κ2) is 15.8. The Morgan fingerprint density at radius 2 is 1.76 bits per heavy atom. The van der Waals surface area contributed by atoms with Crippen LogP contribution in [0.1, 0.15) is 65.5 Å². The number of amides is 2. The van der Waals surface area contributed by atoms with Crippen LogP contribution in [-0.4, -0.2) is 63.0 Å². The van der Waals surface area contributed by atoms with Crippen LogP contribution in [0.4, 0.5) is 27.3 Å². The van der Waals surface area contributed by atoms with Crippen LogP contribution in [0.2, 0.25) is 0 Å². The third-order valence-electron chi connectivity index (χ3n) is 10.5. The van der Waals surface area contributed by atoms with Crippen molar-refractivity contribution in [3.8, 4) is 16.5 Å². The fourth-order valence-corrected chi connectivity index (χ4v) is 8.48. The SMILES string of the molecule is Cc1cccc(C#N)c1NC(=O)c1cc2c(s1)-c1ccc(F)cc1N(C)CC2.Cc1cnc(N2CC3(CCOCC3)C2)c(C(=O)Nc2ccc(C=O)cc2)c1. The van der Waals surface area contributed by atoms with Gasteiger partial charge < -0.3 is 25.2 Å². The molecule has 2 aromatic heterocycles. The van der Waals surface area contributed by atoms with Gasteiger partial charge in [0.2, 0.25) is 0 Å². The fraction of sp³-hybridized carbons (Fsp3) is 0.279. The summed E-state index contributed by atoms with van der Waals surface area (Å²) in [6, 6.07) is 22.8. The number of halogens is 1. The zero-order valence-electron chi connectivity index (χ0n) is 30.9. The Bertz CT molecular complexity index is 2300. The number of carbonyl (C=O) groups is 3. The lowest BCUT2D eigenvalue weighted by Gasteiger charge is -2.53. The monoisotopic (exact) mass is 756 g/mol. The first-order valence-electron chi connectivity index (χ1n) is 18.2. The Labute approximate surface area is 323 Å². The van der Waals surface area contributed by atoms with E-state index in [4.69, 9.17) is 4.74 Å². The third-order valence-corrected chi connectivity index (χ3v) is 11.7. The second-order valence-electron chi connectivity index (χ2n) is 14.4. The zero-order valence-corrected chi connectivity index (χ0v) is 31.8. The van der Waals surface area contributed by atoms with Gasteiger partial charge in [-0.2, -0.15) is 5.26 Å². The summed E-state index contributed by atoms with van der Waals surface area (Å²) in [6.07, 6.45) is 5.50. The van der Waals surface area contributed by atoms with Gasteiger partial charge in [0.1, 0.15) is 24.0 Å². The van der Waals surface area contributed by atoms with Crippen molar-refractivity contribution in [2.24, 2.45) is 5.41 Å². The summed E-state index contributed by atoms with van der Waals surface area (Å²) in [4.78, 5) is 46.9. The number of fused-ring (bicyclic) bond motifs is 3. The Hall–Kier alpha value is -5.90. The maximum absolute atomic E-state index is 13.7. The summed E-state index contributed by atoms with van der Waals surface area (Å²) in [5.74, 6) is 0.0424. The number of aromatic nitrogens is 1. The number of nitrogens with zero attached hydrogens (tertiary/aromatic N) is 4. The number of carbonyl (C=O) groups excluding carboxylic acids is 3. The summed E-state index contributed by atoms with van der Waals surface area (Å²) in [6.45, 7) is 8.01. The van der Waals surface area contributed by atoms with Gasteiger partial charge in [-0.1, -0.05) is 12.1 Å². The van der Waals surface area contributed by atoms with Crippen LogP contribution in [0.5, 0.6) is 0 Å². The first kappa shape index (κ1) is 37.4. The maximum Gasteiger partial charge on any atom is 0.265 e. The van der Waals surface area contributed by atoms with E-state index in [-0.39, 0.29) is 17.6 Å². The molecule has 1 spiro atoms. The Morgan fingerprint density at radius 1 is 1.00 bits per heavy atom. The number of aldehydes is 1. The minimum atomic E-state index is -0.271. The minimum Gasteiger partial charge on any atom is -0.381 e. The van der Waals surface area contributed by atoms with Gasteiger partial charge in [0.15, 0.2) is 0 Å². The van der Waals surface area contributed by atoms with E-state index in [0.717, 1.165) is 97.0 Å². The van der Waals surface area contributed by atoms with Crippen molar-refractivity contribution >= 4 is 52.3 Å². The molecule has 8 rings (SSSR count). The van der Waals surface area contributed by atoms with Crippen molar-refractivity contribution in [3.05, 3.63) is 123 Å². The number of aryl methyl sites for hydroxylation is 2. The van der Waals surface area contributed by atoms with Gasteiger partial charge in [-0.3, -0.25) is 14.4 Å². The fourth-order valence-electron chi connectivity index (χ4n) is 7.34. The third kappa shape index (κ3) is 7.99. The van der Waals surface area contributed by atoms with Crippen LogP contribution >= 0.6 is 11.3 Å². The Balaban J connectivity index is 0.000000169. The van der Waals surface area contributed by atoms with Gasteiger partial charge >= 0.3 is 0 Å². The molecule has 0 unspecified atom stereocenters. The predicted molar refractivity (Wildman–Crippen MR) is 214 cm³/mol. The highest BCUT2D eigenvalue weighted by molar-refractivity contribution is 7.17. The molecule has 2 N–H and O–H groups in total. The Morgan fingerprint density at radius 3 is 2.49 bits per heavy atom. The molecule has 0 radical (unpaired) electrons. The molecule has 12 heteroatoms. The van der Waals surface area contributed by atoms with Gasteiger partial charge in [-0.25, -0.2) is 9.37 Å². The first-order valence-corrected chi connectivity index (χ1v) is 19.0. The van der Waals surface area contributed by atoms with Crippen molar-refractivity contribution in [2.45, 2.75) is 33.1 Å². The molecule has 0 aliphatic carbocycles. The van der Waals surface area contributed by atoms with E-state index < -0.39 is 0 Å². The summed E-state index contributed by atoms with van der Waals surface area (Å²) in [5, 5.41) is 15.1. The summed E-state index contributed by atoms with van der Waals surface area (Å²) < 4.78 is 19.2. The molecule has 5 heterocycles. The molecule has 0 atom stereocenters. The lowest BCUT2D eigenvalue weighted by molar-refractivity contribution is -0.000511. The second-order valence-corrected chi connectivity index (χ2v) is 15.5. The number of para-hydroxylation sites is 1. The molecule has 2 fully saturated rings. The van der Waals surface area contributed by atoms with Gasteiger partial charge in [0.05, 0.1) is 21.7 Å². The topological polar surface area (TPSA) is 128 Å². The van der Waals surface area contributed by atoms with Crippen LogP contribution in [0.25, 0.3) is 10.4 Å². The molecule has 3 aliphatic heterocycles. The number of anilines is 4. The largest absolute Gasteiger partial charge is 0.381 e. The van der Waals surface area contributed by atoms with Gasteiger partial charge in [0.25, 0.3) is 11.8 Å². The average molecular weight is 757 g/mol. The number of rotatable bonds is 6. The van der Waals surface area contributed by atoms with Crippen LogP contribution in [-0.2, 0) is 11.2 Å². The summed E-state index contributed by atoms with van der Waals surface area (Å²) >= 11 is 1.40. The highest BCUT2D eigenvalue weighted by Gasteiger charge is 2.45. The van der Waals surface area contributed by atoms with E-state index in [1.54, 1.807) is 48.7 Å². The number of ether oxygens (including phenoxy) is 1. The summed E-state index contributed by atoms with van der Waals surface area (Å²) in [5.41, 5.74) is 7.74. The van der Waals surface area contributed by atoms with E-state index in [2.05, 4.69) is 26.6 Å². The number of nitrogens with one attached hydrogen (secondary N) is 2. The van der Waals surface area contributed by atoms with Crippen molar-refractivity contribution in [1.82, 2.24) is 4.98 Å². The number of pyridine rings is 1. The van der Waals surface area contributed by atoms with Gasteiger partial charge in [-0.15, -0.1) is 11.3 Å². The molecule has 0 bridgehead atoms. The summed E-state index contributed by atoms with van der Waals surface area (Å²) in [7, 11) is 1.95. The number of likely N-dealkylation sites (N-methyl/N-ethyl adjacent to an activating group) is 1. The Kier molecular flexibility index (Phi) is 10.8. The number of thiophene rings is 1. The highest BCUT2D eigenvalue weighted by Crippen LogP contribution is 2.43. The standard InChI is InChI=1S/C22H18FN3OS.C21H23N3O3/c1-13-4-3-5-15(12-24)20(13)25-22(27)19-10-14-8-9-26(2)18-11-16(23)6-7-17(18)21(14)28-19;1-15-10-18(20(26)23-17-4-2-16(12-25)3-5-17)19(22-11-15)24-13-21(14-24)6-8-27-9-7-21/h3-7,10-11H,8-9H2,1-2H3,(H,25,27);2-5,10-12H,6-9,13-14H2,1H3,(H,23,26). The predicted octanol–water partition coefficient (Wildman–Crippen LogP) is 8.05. The normalized spacial score (nSPS) is 15.3. The van der Waals surface area contributed by atoms with E-state index in [9.17, 15) is 24.0 Å². The number of nitriles is 1. The number of hydrogen-bond acceptors (Lipinski definition) is 9. The molecule has 280 valence electrons. The highest BCUT2D eigenvalue weighted by atomic mass is 32.1. The molecule has 5 aromatic rings. The average Bonchev–Trinajstić information content (AvgIpc) is 3.57. The maximum atomic E-state index is 13.7. The van der Waals surface area contributed by atoms with Crippen LogP contribution in [0.15, 0.2) is 79.0 Å². The van der Waals surface area contributed by atoms with Crippen molar-refractivity contribution < 1.29 is 23.5 Å². The molecule has 55 heavy (non-hydrogen) atoms. The van der Waals surface area contributed by atoms with Gasteiger partial charge in [-0.05, 0) is 110 Å². The molecule has 3 aliphatic rings. The lowest BCUT2D eigenvalue weighted by atomic mass is 9.73. The molecule has 2 amide bonds. The molecule has 2 saturated heterocycles. The lowest BCUT2D eigenvalue weighted by Crippen LogP contribution is -2.59. The number of hydrogen-bond donors (Lipinski definition) is 2. The van der Waals surface area contributed by atoms with Crippen LogP contribution in [0, 0.1) is 36.4 Å². The van der Waals surface area contributed by atoms with Crippen LogP contribution in [0.3, 0.4) is 0 Å². The van der Waals surface area contributed by atoms with Gasteiger partial charge in [0, 0.05) is 78.9 Å². The van der Waals surface area contributed by atoms with E-state index in [0.29, 0.717) is 38.4 Å². The van der Waals surface area contributed by atoms with E-state index >= 15 is 0 Å². The smallest absolute Gasteiger partial charge is 0.265 e. The van der Waals surface area contributed by atoms with Crippen molar-refractivity contribution in [1.29, 1.82) is 5.26 Å². The molecular formula is C43H41FN6O4S. The quantitative estimate of drug-likeness (QED) is 0.167. The van der Waals surface area contributed by atoms with E-state index in [1.165, 1.54) is 23.5 Å². The molecule has 3 aromatic carbocycles. The number of benzene rings is 3. The van der Waals surface area contributed by atoms with E-state index in [1.807, 2.05) is 44.0 Å². The molecule has 10 nitrogen and oxygen atoms in total. The first-order chi connectivity index (χ1) is 26.6. The van der Waals surface area contributed by atoms with Crippen molar-refractivity contribution in [3.63, 3.8) is 0 Å². The van der Waals surface area contributed by atoms with Crippen LogP contribution < -0.4 is 20.4 Å². The molecular weight excluding hydrogens is 716 g/mol. The van der Waals surface area contributed by atoms with Crippen molar-refractivity contribution in [2.75, 3.05) is 60.3 Å². The minimum absolute atomic E-state index is 0.187. The zero-order chi connectivity index (χ0) is 38.7.